The van der Waals surface area contributed by atoms with Gasteiger partial charge in [0.25, 0.3) is 5.91 Å². The number of nitrogens with one attached hydrogen (secondary N) is 1. The summed E-state index contributed by atoms with van der Waals surface area (Å²) in [6, 6.07) is 11.4. The number of benzene rings is 1. The van der Waals surface area contributed by atoms with E-state index in [4.69, 9.17) is 13.9 Å². The fourth-order valence-electron chi connectivity index (χ4n) is 2.47. The number of ether oxygens (including phenoxy) is 2. The van der Waals surface area contributed by atoms with Crippen LogP contribution in [0.4, 0.5) is 0 Å². The molecule has 6 heteroatoms. The van der Waals surface area contributed by atoms with Gasteiger partial charge >= 0.3 is 0 Å². The third kappa shape index (κ3) is 3.00. The number of carbonyl (C=O) groups excluding carboxylic acids is 1. The van der Waals surface area contributed by atoms with Crippen LogP contribution in [0, 0.1) is 0 Å². The van der Waals surface area contributed by atoms with Gasteiger partial charge in [0, 0.05) is 17.0 Å². The van der Waals surface area contributed by atoms with Gasteiger partial charge in [-0.15, -0.1) is 11.3 Å². The molecule has 0 saturated heterocycles. The summed E-state index contributed by atoms with van der Waals surface area (Å²) in [6.45, 7) is 1.58. The molecule has 1 amide bonds. The van der Waals surface area contributed by atoms with Crippen LogP contribution in [0.5, 0.6) is 11.5 Å². The second-order valence-corrected chi connectivity index (χ2v) is 6.42. The van der Waals surface area contributed by atoms with Gasteiger partial charge in [0.2, 0.25) is 0 Å². The Bertz CT molecular complexity index is 854. The molecular formula is C18H15NO4S. The molecular weight excluding hydrogens is 326 g/mol. The van der Waals surface area contributed by atoms with Gasteiger partial charge in [0.15, 0.2) is 11.5 Å². The van der Waals surface area contributed by atoms with Crippen LogP contribution in [0.3, 0.4) is 0 Å². The average Bonchev–Trinajstić information content (AvgIpc) is 3.31. The molecule has 122 valence electrons. The zero-order valence-corrected chi connectivity index (χ0v) is 13.6. The first-order valence-corrected chi connectivity index (χ1v) is 8.40. The van der Waals surface area contributed by atoms with Crippen molar-refractivity contribution in [2.45, 2.75) is 6.54 Å². The maximum Gasteiger partial charge on any atom is 0.261 e. The van der Waals surface area contributed by atoms with Gasteiger partial charge in [-0.1, -0.05) is 0 Å². The summed E-state index contributed by atoms with van der Waals surface area (Å²) in [4.78, 5) is 13.9. The van der Waals surface area contributed by atoms with Crippen molar-refractivity contribution in [2.75, 3.05) is 13.2 Å². The van der Waals surface area contributed by atoms with Crippen molar-refractivity contribution in [3.63, 3.8) is 0 Å². The SMILES string of the molecule is O=C(NCc1ccoc1)c1ccc(-c2ccc3c(c2)OCCO3)s1. The summed E-state index contributed by atoms with van der Waals surface area (Å²) in [7, 11) is 0. The Morgan fingerprint density at radius 3 is 2.79 bits per heavy atom. The van der Waals surface area contributed by atoms with Crippen molar-refractivity contribution in [3.05, 3.63) is 59.4 Å². The van der Waals surface area contributed by atoms with Crippen molar-refractivity contribution in [1.82, 2.24) is 5.32 Å². The molecule has 1 N–H and O–H groups in total. The van der Waals surface area contributed by atoms with Crippen molar-refractivity contribution >= 4 is 17.2 Å². The summed E-state index contributed by atoms with van der Waals surface area (Å²) >= 11 is 1.45. The molecule has 0 aliphatic carbocycles. The maximum atomic E-state index is 12.2. The van der Waals surface area contributed by atoms with Gasteiger partial charge in [-0.3, -0.25) is 4.79 Å². The highest BCUT2D eigenvalue weighted by atomic mass is 32.1. The van der Waals surface area contributed by atoms with E-state index < -0.39 is 0 Å². The molecule has 24 heavy (non-hydrogen) atoms. The van der Waals surface area contributed by atoms with Crippen LogP contribution in [0.1, 0.15) is 15.2 Å². The number of fused-ring (bicyclic) bond motifs is 1. The zero-order chi connectivity index (χ0) is 16.4. The summed E-state index contributed by atoms with van der Waals surface area (Å²) in [6.07, 6.45) is 3.21. The molecule has 1 aromatic carbocycles. The smallest absolute Gasteiger partial charge is 0.261 e. The predicted molar refractivity (Wildman–Crippen MR) is 90.6 cm³/mol. The molecule has 0 atom stereocenters. The van der Waals surface area contributed by atoms with E-state index in [1.807, 2.05) is 36.4 Å². The second-order valence-electron chi connectivity index (χ2n) is 5.34. The number of carbonyl (C=O) groups is 1. The normalized spacial score (nSPS) is 12.8. The quantitative estimate of drug-likeness (QED) is 0.786. The van der Waals surface area contributed by atoms with Gasteiger partial charge in [-0.05, 0) is 42.0 Å². The van der Waals surface area contributed by atoms with E-state index in [0.29, 0.717) is 24.6 Å². The fourth-order valence-corrected chi connectivity index (χ4v) is 3.39. The minimum atomic E-state index is -0.0926. The second kappa shape index (κ2) is 6.41. The Hall–Kier alpha value is -2.73. The first-order valence-electron chi connectivity index (χ1n) is 7.59. The van der Waals surface area contributed by atoms with Crippen molar-refractivity contribution in [1.29, 1.82) is 0 Å². The summed E-state index contributed by atoms with van der Waals surface area (Å²) in [5.41, 5.74) is 1.95. The van der Waals surface area contributed by atoms with E-state index in [9.17, 15) is 4.79 Å². The van der Waals surface area contributed by atoms with Crippen LogP contribution in [0.2, 0.25) is 0 Å². The Balaban J connectivity index is 1.49. The number of furan rings is 1. The maximum absolute atomic E-state index is 12.2. The minimum absolute atomic E-state index is 0.0926. The predicted octanol–water partition coefficient (Wildman–Crippen LogP) is 3.71. The monoisotopic (exact) mass is 341 g/mol. The van der Waals surface area contributed by atoms with Crippen LogP contribution in [0.25, 0.3) is 10.4 Å². The molecule has 1 aliphatic rings. The first-order chi connectivity index (χ1) is 11.8. The molecule has 0 saturated carbocycles. The highest BCUT2D eigenvalue weighted by Gasteiger charge is 2.15. The number of amides is 1. The van der Waals surface area contributed by atoms with Crippen LogP contribution in [-0.4, -0.2) is 19.1 Å². The Kier molecular flexibility index (Phi) is 3.96. The third-order valence-corrected chi connectivity index (χ3v) is 4.82. The highest BCUT2D eigenvalue weighted by Crippen LogP contribution is 2.36. The Labute approximate surface area is 142 Å². The van der Waals surface area contributed by atoms with E-state index in [1.165, 1.54) is 11.3 Å². The number of hydrogen-bond donors (Lipinski definition) is 1. The van der Waals surface area contributed by atoms with Gasteiger partial charge in [-0.25, -0.2) is 0 Å². The van der Waals surface area contributed by atoms with E-state index in [2.05, 4.69) is 5.32 Å². The molecule has 0 spiro atoms. The molecule has 3 aromatic rings. The first kappa shape index (κ1) is 14.8. The van der Waals surface area contributed by atoms with Gasteiger partial charge in [0.1, 0.15) is 13.2 Å². The Morgan fingerprint density at radius 2 is 1.96 bits per heavy atom. The van der Waals surface area contributed by atoms with E-state index in [0.717, 1.165) is 27.5 Å². The summed E-state index contributed by atoms with van der Waals surface area (Å²) in [5, 5.41) is 2.88. The van der Waals surface area contributed by atoms with Gasteiger partial charge < -0.3 is 19.2 Å². The third-order valence-electron chi connectivity index (χ3n) is 3.69. The molecule has 3 heterocycles. The molecule has 5 nitrogen and oxygen atoms in total. The van der Waals surface area contributed by atoms with Crippen LogP contribution >= 0.6 is 11.3 Å². The lowest BCUT2D eigenvalue weighted by molar-refractivity contribution is 0.0955. The lowest BCUT2D eigenvalue weighted by atomic mass is 10.1. The lowest BCUT2D eigenvalue weighted by Gasteiger charge is -2.18. The highest BCUT2D eigenvalue weighted by molar-refractivity contribution is 7.17. The van der Waals surface area contributed by atoms with Crippen molar-refractivity contribution < 1.29 is 18.7 Å². The molecule has 0 radical (unpaired) electrons. The largest absolute Gasteiger partial charge is 0.486 e. The zero-order valence-electron chi connectivity index (χ0n) is 12.8. The van der Waals surface area contributed by atoms with Crippen LogP contribution in [0.15, 0.2) is 53.3 Å². The molecule has 0 unspecified atom stereocenters. The lowest BCUT2D eigenvalue weighted by Crippen LogP contribution is -2.21. The number of thiophene rings is 1. The summed E-state index contributed by atoms with van der Waals surface area (Å²) < 4.78 is 16.1. The van der Waals surface area contributed by atoms with E-state index in [-0.39, 0.29) is 5.91 Å². The number of rotatable bonds is 4. The minimum Gasteiger partial charge on any atom is -0.486 e. The molecule has 1 aliphatic heterocycles. The molecule has 0 fully saturated rings. The van der Waals surface area contributed by atoms with Crippen molar-refractivity contribution in [2.24, 2.45) is 0 Å². The molecule has 4 rings (SSSR count). The topological polar surface area (TPSA) is 60.7 Å². The summed E-state index contributed by atoms with van der Waals surface area (Å²) in [5.74, 6) is 1.42. The van der Waals surface area contributed by atoms with Crippen LogP contribution in [-0.2, 0) is 6.54 Å². The molecule has 0 bridgehead atoms. The van der Waals surface area contributed by atoms with Gasteiger partial charge in [-0.2, -0.15) is 0 Å². The van der Waals surface area contributed by atoms with E-state index in [1.54, 1.807) is 12.5 Å². The standard InChI is InChI=1S/C18H15NO4S/c20-18(19-10-12-5-6-21-11-12)17-4-3-16(24-17)13-1-2-14-15(9-13)23-8-7-22-14/h1-6,9,11H,7-8,10H2,(H,19,20). The van der Waals surface area contributed by atoms with Crippen LogP contribution < -0.4 is 14.8 Å². The molecule has 2 aromatic heterocycles. The van der Waals surface area contributed by atoms with E-state index >= 15 is 0 Å². The van der Waals surface area contributed by atoms with Crippen molar-refractivity contribution in [3.8, 4) is 21.9 Å². The van der Waals surface area contributed by atoms with Gasteiger partial charge in [0.05, 0.1) is 17.4 Å². The Morgan fingerprint density at radius 1 is 1.08 bits per heavy atom. The average molecular weight is 341 g/mol. The fraction of sp³-hybridized carbons (Fsp3) is 0.167. The number of hydrogen-bond acceptors (Lipinski definition) is 5.